The molecule has 1 aromatic carbocycles. The van der Waals surface area contributed by atoms with Gasteiger partial charge in [0.25, 0.3) is 0 Å². The van der Waals surface area contributed by atoms with Gasteiger partial charge in [-0.1, -0.05) is 50.6 Å². The average Bonchev–Trinajstić information content (AvgIpc) is 2.66. The molecule has 0 saturated heterocycles. The van der Waals surface area contributed by atoms with E-state index in [-0.39, 0.29) is 29.5 Å². The van der Waals surface area contributed by atoms with E-state index < -0.39 is 0 Å². The molecular weight excluding hydrogens is 324 g/mol. The molecule has 0 aliphatic heterocycles. The van der Waals surface area contributed by atoms with Crippen LogP contribution in [0.3, 0.4) is 0 Å². The van der Waals surface area contributed by atoms with Crippen LogP contribution in [0.4, 0.5) is 0 Å². The molecule has 0 spiro atoms. The fraction of sp³-hybridized carbons (Fsp3) is 0.652. The lowest BCUT2D eigenvalue weighted by molar-refractivity contribution is -0.167. The molecule has 4 aliphatic rings. The Kier molecular flexibility index (Phi) is 4.90. The van der Waals surface area contributed by atoms with Crippen molar-refractivity contribution in [3.8, 4) is 0 Å². The maximum atomic E-state index is 13.3. The molecule has 5 rings (SSSR count). The average molecular weight is 354 g/mol. The zero-order valence-corrected chi connectivity index (χ0v) is 15.9. The second kappa shape index (κ2) is 7.17. The van der Waals surface area contributed by atoms with Crippen molar-refractivity contribution in [1.82, 2.24) is 0 Å². The highest BCUT2D eigenvalue weighted by atomic mass is 16.5. The summed E-state index contributed by atoms with van der Waals surface area (Å²) in [5.74, 6) is 2.34. The van der Waals surface area contributed by atoms with Crippen LogP contribution >= 0.6 is 0 Å². The largest absolute Gasteiger partial charge is 0.465 e. The number of ether oxygens (including phenoxy) is 1. The van der Waals surface area contributed by atoms with E-state index in [9.17, 15) is 9.59 Å². The predicted molar refractivity (Wildman–Crippen MR) is 101 cm³/mol. The third-order valence-corrected chi connectivity index (χ3v) is 7.26. The summed E-state index contributed by atoms with van der Waals surface area (Å²) in [5.41, 5.74) is 0.802. The van der Waals surface area contributed by atoms with Gasteiger partial charge in [0.1, 0.15) is 0 Å². The van der Waals surface area contributed by atoms with Crippen LogP contribution in [0.5, 0.6) is 0 Å². The summed E-state index contributed by atoms with van der Waals surface area (Å²) >= 11 is 0. The number of hydrogen-bond donors (Lipinski definition) is 0. The monoisotopic (exact) mass is 354 g/mol. The standard InChI is InChI=1S/C23H30O3/c1-3-14(2)13-26-23(25)21-18-10-15-9-17(12-18)20(19(21)11-15)22(24)16-7-5-4-6-8-16/h4-8,14-15,17-21H,3,9-13H2,1-2H3/t14-,15-,17+,18-,19+,20+,21-/m0/s1. The molecule has 0 aromatic heterocycles. The van der Waals surface area contributed by atoms with Gasteiger partial charge in [0.05, 0.1) is 12.5 Å². The third-order valence-electron chi connectivity index (χ3n) is 7.26. The molecule has 3 heteroatoms. The van der Waals surface area contributed by atoms with E-state index in [1.54, 1.807) is 0 Å². The van der Waals surface area contributed by atoms with Crippen molar-refractivity contribution < 1.29 is 14.3 Å². The highest BCUT2D eigenvalue weighted by Crippen LogP contribution is 2.60. The summed E-state index contributed by atoms with van der Waals surface area (Å²) in [7, 11) is 0. The fourth-order valence-electron chi connectivity index (χ4n) is 5.92. The van der Waals surface area contributed by atoms with Crippen LogP contribution in [0.1, 0.15) is 56.3 Å². The van der Waals surface area contributed by atoms with E-state index in [0.717, 1.165) is 31.2 Å². The second-order valence-corrected chi connectivity index (χ2v) is 8.92. The minimum atomic E-state index is -0.0653. The molecule has 26 heavy (non-hydrogen) atoms. The lowest BCUT2D eigenvalue weighted by Gasteiger charge is -2.56. The first-order valence-electron chi connectivity index (χ1n) is 10.3. The van der Waals surface area contributed by atoms with Crippen molar-refractivity contribution in [2.45, 2.75) is 46.0 Å². The molecule has 0 radical (unpaired) electrons. The van der Waals surface area contributed by atoms with Gasteiger partial charge in [-0.3, -0.25) is 9.59 Å². The first kappa shape index (κ1) is 17.8. The molecule has 1 aromatic rings. The molecular formula is C23H30O3. The summed E-state index contributed by atoms with van der Waals surface area (Å²) < 4.78 is 5.70. The van der Waals surface area contributed by atoms with Crippen LogP contribution in [0.25, 0.3) is 0 Å². The van der Waals surface area contributed by atoms with E-state index in [2.05, 4.69) is 13.8 Å². The molecule has 140 valence electrons. The maximum Gasteiger partial charge on any atom is 0.309 e. The summed E-state index contributed by atoms with van der Waals surface area (Å²) in [4.78, 5) is 26.2. The summed E-state index contributed by atoms with van der Waals surface area (Å²) in [5, 5.41) is 0. The van der Waals surface area contributed by atoms with E-state index in [4.69, 9.17) is 4.74 Å². The maximum absolute atomic E-state index is 13.3. The molecule has 0 amide bonds. The number of carbonyl (C=O) groups is 2. The lowest BCUT2D eigenvalue weighted by atomic mass is 9.47. The molecule has 4 fully saturated rings. The van der Waals surface area contributed by atoms with Crippen LogP contribution < -0.4 is 0 Å². The normalized spacial score (nSPS) is 35.9. The minimum absolute atomic E-state index is 0.00588. The van der Waals surface area contributed by atoms with Crippen molar-refractivity contribution >= 4 is 11.8 Å². The third kappa shape index (κ3) is 3.10. The van der Waals surface area contributed by atoms with Crippen molar-refractivity contribution in [1.29, 1.82) is 0 Å². The summed E-state index contributed by atoms with van der Waals surface area (Å²) in [6.07, 6.45) is 5.40. The minimum Gasteiger partial charge on any atom is -0.465 e. The Morgan fingerprint density at radius 3 is 2.42 bits per heavy atom. The van der Waals surface area contributed by atoms with E-state index in [0.29, 0.717) is 30.3 Å². The number of ketones is 1. The van der Waals surface area contributed by atoms with Crippen molar-refractivity contribution in [2.24, 2.45) is 41.4 Å². The van der Waals surface area contributed by atoms with Gasteiger partial charge >= 0.3 is 5.97 Å². The molecule has 4 saturated carbocycles. The Labute approximate surface area is 156 Å². The number of carbonyl (C=O) groups excluding carboxylic acids is 2. The number of benzene rings is 1. The summed E-state index contributed by atoms with van der Waals surface area (Å²) in [6, 6.07) is 9.65. The molecule has 3 nitrogen and oxygen atoms in total. The molecule has 7 atom stereocenters. The Hall–Kier alpha value is -1.64. The topological polar surface area (TPSA) is 43.4 Å². The second-order valence-electron chi connectivity index (χ2n) is 8.92. The highest BCUT2D eigenvalue weighted by molar-refractivity contribution is 5.98. The predicted octanol–water partition coefficient (Wildman–Crippen LogP) is 4.76. The Morgan fingerprint density at radius 2 is 1.73 bits per heavy atom. The number of rotatable bonds is 6. The van der Waals surface area contributed by atoms with Gasteiger partial charge in [0.15, 0.2) is 5.78 Å². The van der Waals surface area contributed by atoms with Crippen LogP contribution in [0, 0.1) is 41.4 Å². The van der Waals surface area contributed by atoms with Gasteiger partial charge in [0.2, 0.25) is 0 Å². The Balaban J connectivity index is 1.55. The first-order valence-corrected chi connectivity index (χ1v) is 10.3. The van der Waals surface area contributed by atoms with Crippen molar-refractivity contribution in [3.05, 3.63) is 35.9 Å². The molecule has 0 unspecified atom stereocenters. The van der Waals surface area contributed by atoms with Crippen LogP contribution in [-0.4, -0.2) is 18.4 Å². The smallest absolute Gasteiger partial charge is 0.309 e. The highest BCUT2D eigenvalue weighted by Gasteiger charge is 2.58. The van der Waals surface area contributed by atoms with Gasteiger partial charge in [-0.2, -0.15) is 0 Å². The van der Waals surface area contributed by atoms with Gasteiger partial charge in [-0.15, -0.1) is 0 Å². The van der Waals surface area contributed by atoms with Gasteiger partial charge in [-0.05, 0) is 55.3 Å². The van der Waals surface area contributed by atoms with Crippen LogP contribution in [-0.2, 0) is 9.53 Å². The zero-order chi connectivity index (χ0) is 18.3. The van der Waals surface area contributed by atoms with E-state index in [1.165, 1.54) is 6.42 Å². The molecule has 0 N–H and O–H groups in total. The van der Waals surface area contributed by atoms with E-state index >= 15 is 0 Å². The van der Waals surface area contributed by atoms with Crippen molar-refractivity contribution in [3.63, 3.8) is 0 Å². The Morgan fingerprint density at radius 1 is 1.04 bits per heavy atom. The van der Waals surface area contributed by atoms with Crippen LogP contribution in [0.2, 0.25) is 0 Å². The van der Waals surface area contributed by atoms with Crippen molar-refractivity contribution in [2.75, 3.05) is 6.61 Å². The van der Waals surface area contributed by atoms with Crippen LogP contribution in [0.15, 0.2) is 30.3 Å². The Bertz CT molecular complexity index is 667. The first-order chi connectivity index (χ1) is 12.6. The van der Waals surface area contributed by atoms with E-state index in [1.807, 2.05) is 30.3 Å². The number of hydrogen-bond acceptors (Lipinski definition) is 3. The number of esters is 1. The SMILES string of the molecule is CC[C@H](C)COC(=O)[C@H]1[C@H]2C[C@@H]3C[C@H](C2)[C@@H](C(=O)c2ccccc2)[C@H]1C3. The van der Waals surface area contributed by atoms with Gasteiger partial charge < -0.3 is 4.74 Å². The number of Topliss-reactive ketones (excluding diaryl/α,β-unsaturated/α-hetero) is 1. The zero-order valence-electron chi connectivity index (χ0n) is 15.9. The molecule has 0 heterocycles. The lowest BCUT2D eigenvalue weighted by Crippen LogP contribution is -2.55. The fourth-order valence-corrected chi connectivity index (χ4v) is 5.92. The summed E-state index contributed by atoms with van der Waals surface area (Å²) in [6.45, 7) is 4.75. The molecule has 4 bridgehead atoms. The molecule has 4 aliphatic carbocycles. The van der Waals surface area contributed by atoms with Gasteiger partial charge in [-0.25, -0.2) is 0 Å². The quantitative estimate of drug-likeness (QED) is 0.546. The van der Waals surface area contributed by atoms with Gasteiger partial charge in [0, 0.05) is 11.5 Å².